The van der Waals surface area contributed by atoms with E-state index in [4.69, 9.17) is 10.5 Å². The molecule has 4 heteroatoms. The molecule has 0 radical (unpaired) electrons. The highest BCUT2D eigenvalue weighted by Gasteiger charge is 2.24. The van der Waals surface area contributed by atoms with Gasteiger partial charge in [0.15, 0.2) is 0 Å². The van der Waals surface area contributed by atoms with Crippen LogP contribution < -0.4 is 11.1 Å². The van der Waals surface area contributed by atoms with Crippen LogP contribution in [0.3, 0.4) is 0 Å². The van der Waals surface area contributed by atoms with E-state index >= 15 is 0 Å². The predicted molar refractivity (Wildman–Crippen MR) is 62.2 cm³/mol. The maximum atomic E-state index is 11.6. The topological polar surface area (TPSA) is 64.3 Å². The maximum absolute atomic E-state index is 11.6. The number of carbonyl (C=O) groups excluding carboxylic acids is 1. The van der Waals surface area contributed by atoms with Crippen molar-refractivity contribution >= 4 is 11.7 Å². The van der Waals surface area contributed by atoms with Crippen molar-refractivity contribution in [1.29, 1.82) is 0 Å². The molecule has 0 spiro atoms. The molecule has 0 aliphatic carbocycles. The van der Waals surface area contributed by atoms with E-state index in [-0.39, 0.29) is 12.0 Å². The number of hydrogen-bond donors (Lipinski definition) is 2. The van der Waals surface area contributed by atoms with Gasteiger partial charge in [-0.05, 0) is 24.5 Å². The van der Waals surface area contributed by atoms with E-state index in [2.05, 4.69) is 11.4 Å². The molecule has 3 N–H and O–H groups in total. The zero-order chi connectivity index (χ0) is 11.4. The Hall–Kier alpha value is -1.55. The van der Waals surface area contributed by atoms with Crippen molar-refractivity contribution < 1.29 is 9.53 Å². The number of fused-ring (bicyclic) bond motifs is 1. The highest BCUT2D eigenvalue weighted by Crippen LogP contribution is 2.24. The SMILES string of the molecule is NCCOC(=O)C1CCc2ccccc2N1. The zero-order valence-electron chi connectivity index (χ0n) is 9.11. The summed E-state index contributed by atoms with van der Waals surface area (Å²) in [6.45, 7) is 0.660. The lowest BCUT2D eigenvalue weighted by Crippen LogP contribution is -2.35. The molecule has 1 aliphatic rings. The molecule has 0 fully saturated rings. The van der Waals surface area contributed by atoms with Crippen LogP contribution in [0.25, 0.3) is 0 Å². The second-order valence-electron chi connectivity index (χ2n) is 3.85. The highest BCUT2D eigenvalue weighted by molar-refractivity contribution is 5.80. The Morgan fingerprint density at radius 3 is 3.12 bits per heavy atom. The number of nitrogens with two attached hydrogens (primary N) is 1. The minimum absolute atomic E-state index is 0.208. The van der Waals surface area contributed by atoms with Crippen LogP contribution in [0.4, 0.5) is 5.69 Å². The number of anilines is 1. The molecule has 0 saturated heterocycles. The Morgan fingerprint density at radius 2 is 2.31 bits per heavy atom. The molecule has 1 atom stereocenters. The Morgan fingerprint density at radius 1 is 1.50 bits per heavy atom. The van der Waals surface area contributed by atoms with Crippen molar-refractivity contribution in [1.82, 2.24) is 0 Å². The van der Waals surface area contributed by atoms with Crippen molar-refractivity contribution in [2.75, 3.05) is 18.5 Å². The van der Waals surface area contributed by atoms with E-state index in [9.17, 15) is 4.79 Å². The lowest BCUT2D eigenvalue weighted by atomic mass is 9.98. The number of esters is 1. The Kier molecular flexibility index (Phi) is 3.41. The van der Waals surface area contributed by atoms with Crippen molar-refractivity contribution in [3.63, 3.8) is 0 Å². The summed E-state index contributed by atoms with van der Waals surface area (Å²) in [4.78, 5) is 11.6. The molecule has 1 aliphatic heterocycles. The molecule has 4 nitrogen and oxygen atoms in total. The van der Waals surface area contributed by atoms with Gasteiger partial charge in [-0.2, -0.15) is 0 Å². The fourth-order valence-electron chi connectivity index (χ4n) is 1.88. The van der Waals surface area contributed by atoms with E-state index < -0.39 is 0 Å². The fourth-order valence-corrected chi connectivity index (χ4v) is 1.88. The van der Waals surface area contributed by atoms with Gasteiger partial charge < -0.3 is 15.8 Å². The zero-order valence-corrected chi connectivity index (χ0v) is 9.11. The monoisotopic (exact) mass is 220 g/mol. The van der Waals surface area contributed by atoms with Gasteiger partial charge in [-0.1, -0.05) is 18.2 Å². The number of hydrogen-bond acceptors (Lipinski definition) is 4. The largest absolute Gasteiger partial charge is 0.463 e. The second kappa shape index (κ2) is 4.99. The summed E-state index contributed by atoms with van der Waals surface area (Å²) in [5.74, 6) is -0.208. The smallest absolute Gasteiger partial charge is 0.328 e. The van der Waals surface area contributed by atoms with Crippen LogP contribution in [0.5, 0.6) is 0 Å². The molecule has 1 aromatic rings. The van der Waals surface area contributed by atoms with Gasteiger partial charge >= 0.3 is 5.97 Å². The van der Waals surface area contributed by atoms with Gasteiger partial charge in [0.05, 0.1) is 0 Å². The van der Waals surface area contributed by atoms with Gasteiger partial charge in [0.2, 0.25) is 0 Å². The van der Waals surface area contributed by atoms with E-state index in [1.54, 1.807) is 0 Å². The first-order valence-electron chi connectivity index (χ1n) is 5.52. The number of carbonyl (C=O) groups is 1. The third-order valence-electron chi connectivity index (χ3n) is 2.70. The van der Waals surface area contributed by atoms with Gasteiger partial charge in [-0.25, -0.2) is 4.79 Å². The second-order valence-corrected chi connectivity index (χ2v) is 3.85. The van der Waals surface area contributed by atoms with Crippen LogP contribution in [-0.2, 0) is 16.0 Å². The van der Waals surface area contributed by atoms with Crippen LogP contribution in [0.1, 0.15) is 12.0 Å². The minimum atomic E-state index is -0.235. The number of para-hydroxylation sites is 1. The van der Waals surface area contributed by atoms with Gasteiger partial charge in [-0.3, -0.25) is 0 Å². The molecule has 1 unspecified atom stereocenters. The van der Waals surface area contributed by atoms with Gasteiger partial charge in [0, 0.05) is 12.2 Å². The van der Waals surface area contributed by atoms with Crippen LogP contribution in [-0.4, -0.2) is 25.2 Å². The molecule has 2 rings (SSSR count). The normalized spacial score (nSPS) is 18.4. The summed E-state index contributed by atoms with van der Waals surface area (Å²) in [6.07, 6.45) is 1.69. The van der Waals surface area contributed by atoms with Crippen molar-refractivity contribution in [2.45, 2.75) is 18.9 Å². The Bertz CT molecular complexity index is 379. The number of rotatable bonds is 3. The predicted octanol–water partition coefficient (Wildman–Crippen LogP) is 0.915. The van der Waals surface area contributed by atoms with Crippen molar-refractivity contribution in [2.24, 2.45) is 5.73 Å². The van der Waals surface area contributed by atoms with E-state index in [1.807, 2.05) is 18.2 Å². The van der Waals surface area contributed by atoms with Crippen LogP contribution in [0, 0.1) is 0 Å². The standard InChI is InChI=1S/C12H16N2O2/c13-7-8-16-12(15)11-6-5-9-3-1-2-4-10(9)14-11/h1-4,11,14H,5-8,13H2. The van der Waals surface area contributed by atoms with Gasteiger partial charge in [-0.15, -0.1) is 0 Å². The van der Waals surface area contributed by atoms with Gasteiger partial charge in [0.1, 0.15) is 12.6 Å². The number of aryl methyl sites for hydroxylation is 1. The molecule has 1 aromatic carbocycles. The highest BCUT2D eigenvalue weighted by atomic mass is 16.5. The van der Waals surface area contributed by atoms with Crippen LogP contribution >= 0.6 is 0 Å². The summed E-state index contributed by atoms with van der Waals surface area (Å²) in [5.41, 5.74) is 7.57. The minimum Gasteiger partial charge on any atom is -0.463 e. The molecular formula is C12H16N2O2. The quantitative estimate of drug-likeness (QED) is 0.743. The molecule has 0 amide bonds. The third kappa shape index (κ3) is 2.33. The Labute approximate surface area is 94.8 Å². The first kappa shape index (κ1) is 11.0. The average molecular weight is 220 g/mol. The molecule has 0 saturated carbocycles. The summed E-state index contributed by atoms with van der Waals surface area (Å²) in [7, 11) is 0. The number of benzene rings is 1. The van der Waals surface area contributed by atoms with E-state index in [0.717, 1.165) is 18.5 Å². The molecule has 0 aromatic heterocycles. The summed E-state index contributed by atoms with van der Waals surface area (Å²) < 4.78 is 5.02. The maximum Gasteiger partial charge on any atom is 0.328 e. The molecule has 86 valence electrons. The van der Waals surface area contributed by atoms with Crippen LogP contribution in [0.15, 0.2) is 24.3 Å². The first-order valence-corrected chi connectivity index (χ1v) is 5.52. The summed E-state index contributed by atoms with van der Waals surface area (Å²) >= 11 is 0. The summed E-state index contributed by atoms with van der Waals surface area (Å²) in [5, 5.41) is 3.19. The van der Waals surface area contributed by atoms with Crippen molar-refractivity contribution in [3.05, 3.63) is 29.8 Å². The molecule has 0 bridgehead atoms. The number of ether oxygens (including phenoxy) is 1. The average Bonchev–Trinajstić information content (AvgIpc) is 2.35. The first-order chi connectivity index (χ1) is 7.81. The lowest BCUT2D eigenvalue weighted by molar-refractivity contribution is -0.144. The summed E-state index contributed by atoms with van der Waals surface area (Å²) in [6, 6.07) is 7.79. The van der Waals surface area contributed by atoms with Gasteiger partial charge in [0.25, 0.3) is 0 Å². The van der Waals surface area contributed by atoms with Crippen LogP contribution in [0.2, 0.25) is 0 Å². The van der Waals surface area contributed by atoms with Crippen molar-refractivity contribution in [3.8, 4) is 0 Å². The molecule has 16 heavy (non-hydrogen) atoms. The Balaban J connectivity index is 1.99. The molecular weight excluding hydrogens is 204 g/mol. The van der Waals surface area contributed by atoms with E-state index in [1.165, 1.54) is 5.56 Å². The fraction of sp³-hybridized carbons (Fsp3) is 0.417. The lowest BCUT2D eigenvalue weighted by Gasteiger charge is -2.25. The third-order valence-corrected chi connectivity index (χ3v) is 2.70. The molecule has 1 heterocycles. The number of nitrogens with one attached hydrogen (secondary N) is 1. The van der Waals surface area contributed by atoms with E-state index in [0.29, 0.717) is 13.2 Å².